The van der Waals surface area contributed by atoms with Crippen LogP contribution < -0.4 is 4.74 Å². The second kappa shape index (κ2) is 5.05. The molecule has 7 nitrogen and oxygen atoms in total. The summed E-state index contributed by atoms with van der Waals surface area (Å²) in [5.74, 6) is 0.439. The summed E-state index contributed by atoms with van der Waals surface area (Å²) in [6.07, 6.45) is 2.16. The first-order valence-electron chi connectivity index (χ1n) is 4.83. The number of aryl methyl sites for hydroxylation is 1. The average Bonchev–Trinajstić information content (AvgIpc) is 2.33. The van der Waals surface area contributed by atoms with Crippen molar-refractivity contribution in [3.05, 3.63) is 44.9 Å². The van der Waals surface area contributed by atoms with E-state index in [1.165, 1.54) is 0 Å². The number of ether oxygens (including phenoxy) is 1. The number of rotatable bonds is 3. The number of pyridine rings is 1. The van der Waals surface area contributed by atoms with Gasteiger partial charge in [0.15, 0.2) is 5.75 Å². The molecule has 0 aliphatic heterocycles. The molecule has 0 N–H and O–H groups in total. The maximum Gasteiger partial charge on any atom is 0.322 e. The lowest BCUT2D eigenvalue weighted by Crippen LogP contribution is -1.96. The van der Waals surface area contributed by atoms with Crippen LogP contribution in [0.1, 0.15) is 5.69 Å². The number of hydrogen-bond donors (Lipinski definition) is 0. The molecule has 0 atom stereocenters. The Bertz CT molecular complexity index is 588. The molecule has 2 aromatic heterocycles. The van der Waals surface area contributed by atoms with Gasteiger partial charge in [-0.3, -0.25) is 10.1 Å². The van der Waals surface area contributed by atoms with E-state index in [2.05, 4.69) is 30.9 Å². The molecule has 2 aromatic rings. The molecule has 0 aliphatic carbocycles. The van der Waals surface area contributed by atoms with Crippen molar-refractivity contribution < 1.29 is 9.66 Å². The van der Waals surface area contributed by atoms with Gasteiger partial charge >= 0.3 is 11.7 Å². The lowest BCUT2D eigenvalue weighted by atomic mass is 10.4. The molecule has 0 radical (unpaired) electrons. The topological polar surface area (TPSA) is 91.0 Å². The summed E-state index contributed by atoms with van der Waals surface area (Å²) in [5.41, 5.74) is 0.641. The SMILES string of the molecule is Cc1ccc(Oc2ncc([N+](=O)[O-])cn2)c(Br)n1. The highest BCUT2D eigenvalue weighted by Crippen LogP contribution is 2.26. The molecule has 2 heterocycles. The molecule has 92 valence electrons. The molecular formula is C10H7BrN4O3. The molecule has 18 heavy (non-hydrogen) atoms. The van der Waals surface area contributed by atoms with Crippen molar-refractivity contribution in [3.63, 3.8) is 0 Å². The molecule has 0 fully saturated rings. The molecular weight excluding hydrogens is 304 g/mol. The van der Waals surface area contributed by atoms with Gasteiger partial charge in [-0.05, 0) is 35.0 Å². The lowest BCUT2D eigenvalue weighted by molar-refractivity contribution is -0.385. The Kier molecular flexibility index (Phi) is 3.47. The van der Waals surface area contributed by atoms with Crippen LogP contribution >= 0.6 is 15.9 Å². The number of aromatic nitrogens is 3. The fraction of sp³-hybridized carbons (Fsp3) is 0.100. The Labute approximate surface area is 110 Å². The predicted molar refractivity (Wildman–Crippen MR) is 65.4 cm³/mol. The third-order valence-electron chi connectivity index (χ3n) is 1.98. The Morgan fingerprint density at radius 1 is 1.33 bits per heavy atom. The fourth-order valence-electron chi connectivity index (χ4n) is 1.14. The minimum absolute atomic E-state index is 0.0203. The molecule has 0 spiro atoms. The van der Waals surface area contributed by atoms with E-state index < -0.39 is 4.92 Å². The summed E-state index contributed by atoms with van der Waals surface area (Å²) >= 11 is 3.24. The third kappa shape index (κ3) is 2.77. The smallest absolute Gasteiger partial charge is 0.322 e. The molecule has 0 saturated heterocycles. The van der Waals surface area contributed by atoms with E-state index in [1.807, 2.05) is 6.92 Å². The first kappa shape index (κ1) is 12.4. The summed E-state index contributed by atoms with van der Waals surface area (Å²) in [7, 11) is 0. The Morgan fingerprint density at radius 3 is 2.56 bits per heavy atom. The first-order valence-corrected chi connectivity index (χ1v) is 5.63. The van der Waals surface area contributed by atoms with Crippen molar-refractivity contribution in [3.8, 4) is 11.8 Å². The fourth-order valence-corrected chi connectivity index (χ4v) is 1.64. The van der Waals surface area contributed by atoms with Gasteiger partial charge in [-0.2, -0.15) is 9.97 Å². The quantitative estimate of drug-likeness (QED) is 0.491. The monoisotopic (exact) mass is 310 g/mol. The second-order valence-corrected chi connectivity index (χ2v) is 4.08. The minimum Gasteiger partial charge on any atom is -0.421 e. The summed E-state index contributed by atoms with van der Waals surface area (Å²) in [6.45, 7) is 1.84. The first-order chi connectivity index (χ1) is 8.56. The predicted octanol–water partition coefficient (Wildman–Crippen LogP) is 2.64. The highest BCUT2D eigenvalue weighted by Gasteiger charge is 2.10. The third-order valence-corrected chi connectivity index (χ3v) is 2.55. The lowest BCUT2D eigenvalue weighted by Gasteiger charge is -2.05. The van der Waals surface area contributed by atoms with E-state index in [-0.39, 0.29) is 11.7 Å². The molecule has 0 aliphatic rings. The Hall–Kier alpha value is -2.09. The van der Waals surface area contributed by atoms with Gasteiger partial charge in [0.25, 0.3) is 0 Å². The molecule has 0 saturated carbocycles. The van der Waals surface area contributed by atoms with Gasteiger partial charge in [0, 0.05) is 5.69 Å². The van der Waals surface area contributed by atoms with E-state index in [1.54, 1.807) is 12.1 Å². The van der Waals surface area contributed by atoms with E-state index in [9.17, 15) is 10.1 Å². The number of nitro groups is 1. The van der Waals surface area contributed by atoms with Crippen LogP contribution in [0.5, 0.6) is 11.8 Å². The molecule has 2 rings (SSSR count). The van der Waals surface area contributed by atoms with Gasteiger partial charge in [0.05, 0.1) is 4.92 Å². The van der Waals surface area contributed by atoms with E-state index in [0.29, 0.717) is 10.4 Å². The van der Waals surface area contributed by atoms with Gasteiger partial charge in [-0.1, -0.05) is 0 Å². The van der Waals surface area contributed by atoms with Gasteiger partial charge in [0.2, 0.25) is 0 Å². The van der Waals surface area contributed by atoms with Gasteiger partial charge in [-0.15, -0.1) is 0 Å². The Morgan fingerprint density at radius 2 is 2.00 bits per heavy atom. The van der Waals surface area contributed by atoms with Gasteiger partial charge in [0.1, 0.15) is 17.0 Å². The zero-order valence-corrected chi connectivity index (χ0v) is 10.8. The molecule has 0 aromatic carbocycles. The Balaban J connectivity index is 2.21. The van der Waals surface area contributed by atoms with Crippen molar-refractivity contribution in [1.82, 2.24) is 15.0 Å². The van der Waals surface area contributed by atoms with Crippen LogP contribution in [0.2, 0.25) is 0 Å². The number of nitrogens with zero attached hydrogens (tertiary/aromatic N) is 4. The molecule has 0 bridgehead atoms. The van der Waals surface area contributed by atoms with Crippen molar-refractivity contribution in [1.29, 1.82) is 0 Å². The van der Waals surface area contributed by atoms with Crippen molar-refractivity contribution in [2.24, 2.45) is 0 Å². The molecule has 0 unspecified atom stereocenters. The van der Waals surface area contributed by atoms with Crippen LogP contribution in [0.4, 0.5) is 5.69 Å². The van der Waals surface area contributed by atoms with Crippen LogP contribution in [0.15, 0.2) is 29.1 Å². The van der Waals surface area contributed by atoms with Crippen molar-refractivity contribution in [2.45, 2.75) is 6.92 Å². The van der Waals surface area contributed by atoms with E-state index >= 15 is 0 Å². The molecule has 8 heteroatoms. The van der Waals surface area contributed by atoms with Crippen molar-refractivity contribution in [2.75, 3.05) is 0 Å². The van der Waals surface area contributed by atoms with Crippen LogP contribution in [0.25, 0.3) is 0 Å². The normalized spacial score (nSPS) is 10.1. The summed E-state index contributed by atoms with van der Waals surface area (Å²) < 4.78 is 5.86. The van der Waals surface area contributed by atoms with Gasteiger partial charge < -0.3 is 4.74 Å². The summed E-state index contributed by atoms with van der Waals surface area (Å²) in [6, 6.07) is 3.50. The minimum atomic E-state index is -0.576. The molecule has 0 amide bonds. The highest BCUT2D eigenvalue weighted by molar-refractivity contribution is 9.10. The van der Waals surface area contributed by atoms with E-state index in [4.69, 9.17) is 4.74 Å². The summed E-state index contributed by atoms with van der Waals surface area (Å²) in [5, 5.41) is 10.4. The maximum atomic E-state index is 10.4. The standard InChI is InChI=1S/C10H7BrN4O3/c1-6-2-3-8(9(11)14-6)18-10-12-4-7(5-13-10)15(16)17/h2-5H,1H3. The van der Waals surface area contributed by atoms with Crippen molar-refractivity contribution >= 4 is 21.6 Å². The zero-order valence-electron chi connectivity index (χ0n) is 9.20. The summed E-state index contributed by atoms with van der Waals surface area (Å²) in [4.78, 5) is 21.5. The highest BCUT2D eigenvalue weighted by atomic mass is 79.9. The van der Waals surface area contributed by atoms with Crippen LogP contribution in [0, 0.1) is 17.0 Å². The van der Waals surface area contributed by atoms with Crippen LogP contribution in [-0.2, 0) is 0 Å². The largest absolute Gasteiger partial charge is 0.421 e. The van der Waals surface area contributed by atoms with Crippen LogP contribution in [-0.4, -0.2) is 19.9 Å². The van der Waals surface area contributed by atoms with Crippen LogP contribution in [0.3, 0.4) is 0 Å². The van der Waals surface area contributed by atoms with Gasteiger partial charge in [-0.25, -0.2) is 4.98 Å². The van der Waals surface area contributed by atoms with E-state index in [0.717, 1.165) is 18.1 Å². The average molecular weight is 311 g/mol. The maximum absolute atomic E-state index is 10.4. The second-order valence-electron chi connectivity index (χ2n) is 3.32. The number of halogens is 1. The number of hydrogen-bond acceptors (Lipinski definition) is 6. The zero-order chi connectivity index (χ0) is 13.1.